The molecule has 0 radical (unpaired) electrons. The van der Waals surface area contributed by atoms with Gasteiger partial charge in [-0.1, -0.05) is 49.7 Å². The highest BCUT2D eigenvalue weighted by atomic mass is 35.5. The van der Waals surface area contributed by atoms with Crippen LogP contribution >= 0.6 is 23.4 Å². The van der Waals surface area contributed by atoms with E-state index in [9.17, 15) is 10.1 Å². The van der Waals surface area contributed by atoms with Crippen molar-refractivity contribution in [1.82, 2.24) is 5.32 Å². The van der Waals surface area contributed by atoms with Gasteiger partial charge >= 0.3 is 0 Å². The molecule has 164 valence electrons. The molecule has 0 unspecified atom stereocenters. The van der Waals surface area contributed by atoms with Crippen molar-refractivity contribution < 1.29 is 9.53 Å². The van der Waals surface area contributed by atoms with E-state index in [2.05, 4.69) is 25.2 Å². The molecule has 4 rings (SSSR count). The van der Waals surface area contributed by atoms with Crippen molar-refractivity contribution in [3.63, 3.8) is 0 Å². The second-order valence-corrected chi connectivity index (χ2v) is 10.4. The van der Waals surface area contributed by atoms with Crippen molar-refractivity contribution in [3.8, 4) is 11.8 Å². The van der Waals surface area contributed by atoms with E-state index in [1.165, 1.54) is 0 Å². The Morgan fingerprint density at radius 1 is 1.16 bits per heavy atom. The number of thioether (sulfide) groups is 1. The molecule has 0 spiro atoms. The van der Waals surface area contributed by atoms with Gasteiger partial charge in [-0.15, -0.1) is 11.8 Å². The van der Waals surface area contributed by atoms with Crippen molar-refractivity contribution >= 4 is 29.1 Å². The van der Waals surface area contributed by atoms with Gasteiger partial charge in [-0.3, -0.25) is 4.79 Å². The summed E-state index contributed by atoms with van der Waals surface area (Å²) in [6.45, 7) is 4.23. The van der Waals surface area contributed by atoms with E-state index in [0.29, 0.717) is 22.8 Å². The molecule has 1 N–H and O–H groups in total. The molecule has 4 nitrogen and oxygen atoms in total. The molecule has 6 heteroatoms. The topological polar surface area (TPSA) is 62.1 Å². The molecule has 2 aromatic carbocycles. The van der Waals surface area contributed by atoms with E-state index in [4.69, 9.17) is 16.3 Å². The first kappa shape index (κ1) is 22.5. The van der Waals surface area contributed by atoms with Gasteiger partial charge in [0.1, 0.15) is 5.75 Å². The Balaban J connectivity index is 1.75. The lowest BCUT2D eigenvalue weighted by Crippen LogP contribution is -2.36. The zero-order valence-corrected chi connectivity index (χ0v) is 19.9. The first-order valence-corrected chi connectivity index (χ1v) is 11.9. The van der Waals surface area contributed by atoms with Crippen LogP contribution in [0.4, 0.5) is 0 Å². The predicted octanol–water partition coefficient (Wildman–Crippen LogP) is 6.35. The molecule has 0 saturated heterocycles. The maximum Gasteiger partial charge on any atom is 0.162 e. The summed E-state index contributed by atoms with van der Waals surface area (Å²) in [6.07, 6.45) is 1.25. The second-order valence-electron chi connectivity index (χ2n) is 8.93. The first-order chi connectivity index (χ1) is 15.3. The van der Waals surface area contributed by atoms with Crippen molar-refractivity contribution in [2.45, 2.75) is 38.4 Å². The predicted molar refractivity (Wildman–Crippen MR) is 129 cm³/mol. The molecule has 0 aromatic heterocycles. The lowest BCUT2D eigenvalue weighted by atomic mass is 9.69. The quantitative estimate of drug-likeness (QED) is 0.558. The van der Waals surface area contributed by atoms with Crippen LogP contribution in [0, 0.1) is 16.7 Å². The number of nitrogens with zero attached hydrogens (tertiary/aromatic N) is 1. The van der Waals surface area contributed by atoms with Crippen LogP contribution in [0.3, 0.4) is 0 Å². The summed E-state index contributed by atoms with van der Waals surface area (Å²) in [5.74, 6) is 1.17. The third-order valence-electron chi connectivity index (χ3n) is 5.87. The number of nitrogens with one attached hydrogen (secondary N) is 1. The van der Waals surface area contributed by atoms with Crippen LogP contribution in [0.2, 0.25) is 5.02 Å². The van der Waals surface area contributed by atoms with Crippen molar-refractivity contribution in [3.05, 3.63) is 86.6 Å². The van der Waals surface area contributed by atoms with Gasteiger partial charge < -0.3 is 10.1 Å². The molecule has 32 heavy (non-hydrogen) atoms. The first-order valence-electron chi connectivity index (χ1n) is 10.5. The number of methoxy groups -OCH3 is 1. The van der Waals surface area contributed by atoms with Gasteiger partial charge in [0.15, 0.2) is 5.78 Å². The lowest BCUT2D eigenvalue weighted by Gasteiger charge is -2.39. The molecular weight excluding hydrogens is 440 g/mol. The van der Waals surface area contributed by atoms with E-state index in [-0.39, 0.29) is 17.1 Å². The van der Waals surface area contributed by atoms with Crippen LogP contribution < -0.4 is 10.1 Å². The number of rotatable bonds is 5. The summed E-state index contributed by atoms with van der Waals surface area (Å²) >= 11 is 7.60. The smallest absolute Gasteiger partial charge is 0.162 e. The van der Waals surface area contributed by atoms with E-state index in [0.717, 1.165) is 39.6 Å². The Morgan fingerprint density at radius 3 is 2.47 bits per heavy atom. The number of ether oxygens (including phenoxy) is 1. The average Bonchev–Trinajstić information content (AvgIpc) is 2.77. The number of hydrogen-bond acceptors (Lipinski definition) is 5. The summed E-state index contributed by atoms with van der Waals surface area (Å²) in [5.41, 5.74) is 4.16. The minimum atomic E-state index is -0.376. The number of Topliss-reactive ketones (excluding diaryl/α,β-unsaturated/α-hetero) is 1. The number of nitriles is 1. The third kappa shape index (κ3) is 4.57. The molecule has 1 aliphatic heterocycles. The van der Waals surface area contributed by atoms with Gasteiger partial charge in [0.2, 0.25) is 0 Å². The van der Waals surface area contributed by atoms with Gasteiger partial charge in [0, 0.05) is 28.5 Å². The van der Waals surface area contributed by atoms with Gasteiger partial charge in [0.05, 0.1) is 29.7 Å². The van der Waals surface area contributed by atoms with Crippen LogP contribution in [0.5, 0.6) is 5.75 Å². The Bertz CT molecular complexity index is 1140. The molecule has 1 atom stereocenters. The number of carbonyl (C=O) groups excluding carboxylic acids is 1. The molecule has 1 aliphatic carbocycles. The molecule has 0 fully saturated rings. The van der Waals surface area contributed by atoms with Crippen LogP contribution in [0.1, 0.15) is 43.7 Å². The van der Waals surface area contributed by atoms with Gasteiger partial charge in [-0.25, -0.2) is 0 Å². The standard InChI is InChI=1S/C26H25ClN2O2S/c1-26(2)12-21-24(22(30)13-26)23(17-6-10-19(31-3)11-7-17)20(14-28)25(29-21)32-15-16-4-8-18(27)9-5-16/h4-11,23,29H,12-13,15H2,1-3H3/t23-/m1/s1. The summed E-state index contributed by atoms with van der Waals surface area (Å²) in [7, 11) is 1.62. The van der Waals surface area contributed by atoms with Crippen molar-refractivity contribution in [2.75, 3.05) is 7.11 Å². The molecule has 2 aromatic rings. The molecule has 2 aliphatic rings. The van der Waals surface area contributed by atoms with Crippen molar-refractivity contribution in [2.24, 2.45) is 5.41 Å². The number of dihydropyridines is 1. The van der Waals surface area contributed by atoms with E-state index in [1.807, 2.05) is 48.5 Å². The highest BCUT2D eigenvalue weighted by molar-refractivity contribution is 8.02. The van der Waals surface area contributed by atoms with Crippen LogP contribution in [-0.2, 0) is 10.5 Å². The molecule has 1 heterocycles. The largest absolute Gasteiger partial charge is 0.497 e. The number of ketones is 1. The SMILES string of the molecule is COc1ccc([C@@H]2C(C#N)=C(SCc3ccc(Cl)cc3)NC3=C2C(=O)CC(C)(C)C3)cc1. The summed E-state index contributed by atoms with van der Waals surface area (Å²) in [6, 6.07) is 17.8. The monoisotopic (exact) mass is 464 g/mol. The zero-order valence-electron chi connectivity index (χ0n) is 18.4. The fraction of sp³-hybridized carbons (Fsp3) is 0.308. The summed E-state index contributed by atoms with van der Waals surface area (Å²) in [4.78, 5) is 13.3. The van der Waals surface area contributed by atoms with Crippen molar-refractivity contribution in [1.29, 1.82) is 5.26 Å². The van der Waals surface area contributed by atoms with E-state index in [1.54, 1.807) is 18.9 Å². The Labute approximate surface area is 198 Å². The summed E-state index contributed by atoms with van der Waals surface area (Å²) in [5, 5.41) is 15.2. The second kappa shape index (κ2) is 9.05. The van der Waals surface area contributed by atoms with Crippen LogP contribution in [-0.4, -0.2) is 12.9 Å². The Kier molecular flexibility index (Phi) is 6.37. The lowest BCUT2D eigenvalue weighted by molar-refractivity contribution is -0.118. The number of benzene rings is 2. The van der Waals surface area contributed by atoms with Crippen LogP contribution in [0.15, 0.2) is 70.4 Å². The zero-order chi connectivity index (χ0) is 22.9. The van der Waals surface area contributed by atoms with Crippen LogP contribution in [0.25, 0.3) is 0 Å². The minimum absolute atomic E-state index is 0.110. The number of allylic oxidation sites excluding steroid dienone is 3. The normalized spacial score (nSPS) is 19.8. The molecule has 0 amide bonds. The summed E-state index contributed by atoms with van der Waals surface area (Å²) < 4.78 is 5.30. The number of carbonyl (C=O) groups is 1. The molecule has 0 saturated carbocycles. The average molecular weight is 465 g/mol. The third-order valence-corrected chi connectivity index (χ3v) is 7.21. The minimum Gasteiger partial charge on any atom is -0.497 e. The van der Waals surface area contributed by atoms with Gasteiger partial charge in [0.25, 0.3) is 0 Å². The molecular formula is C26H25ClN2O2S. The fourth-order valence-electron chi connectivity index (χ4n) is 4.36. The van der Waals surface area contributed by atoms with Gasteiger partial charge in [-0.05, 0) is 47.2 Å². The van der Waals surface area contributed by atoms with E-state index < -0.39 is 0 Å². The number of halogens is 1. The number of hydrogen-bond donors (Lipinski definition) is 1. The van der Waals surface area contributed by atoms with Gasteiger partial charge in [-0.2, -0.15) is 5.26 Å². The Hall–Kier alpha value is -2.68. The maximum absolute atomic E-state index is 13.3. The Morgan fingerprint density at radius 2 is 1.84 bits per heavy atom. The highest BCUT2D eigenvalue weighted by Crippen LogP contribution is 2.48. The highest BCUT2D eigenvalue weighted by Gasteiger charge is 2.41. The van der Waals surface area contributed by atoms with E-state index >= 15 is 0 Å². The fourth-order valence-corrected chi connectivity index (χ4v) is 5.50. The molecule has 0 bridgehead atoms. The maximum atomic E-state index is 13.3.